The number of nitrogens with zero attached hydrogens (tertiary/aromatic N) is 3. The highest BCUT2D eigenvalue weighted by atomic mass is 16.5. The Bertz CT molecular complexity index is 243. The van der Waals surface area contributed by atoms with Gasteiger partial charge in [-0.25, -0.2) is 4.79 Å². The van der Waals surface area contributed by atoms with E-state index in [2.05, 4.69) is 11.8 Å². The fourth-order valence-electron chi connectivity index (χ4n) is 2.74. The lowest BCUT2D eigenvalue weighted by Gasteiger charge is -2.39. The molecule has 2 amide bonds. The van der Waals surface area contributed by atoms with Crippen molar-refractivity contribution in [3.63, 3.8) is 0 Å². The Kier molecular flexibility index (Phi) is 4.83. The van der Waals surface area contributed by atoms with Crippen LogP contribution in [0.5, 0.6) is 0 Å². The summed E-state index contributed by atoms with van der Waals surface area (Å²) in [5, 5.41) is 0. The van der Waals surface area contributed by atoms with Crippen LogP contribution in [-0.2, 0) is 4.74 Å². The number of hydrogen-bond donors (Lipinski definition) is 0. The zero-order valence-corrected chi connectivity index (χ0v) is 11.6. The summed E-state index contributed by atoms with van der Waals surface area (Å²) >= 11 is 0. The van der Waals surface area contributed by atoms with Crippen LogP contribution in [0.3, 0.4) is 0 Å². The van der Waals surface area contributed by atoms with E-state index in [4.69, 9.17) is 4.74 Å². The molecule has 2 aliphatic rings. The number of carbonyl (C=O) groups excluding carboxylic acids is 1. The van der Waals surface area contributed by atoms with Crippen molar-refractivity contribution in [3.05, 3.63) is 0 Å². The van der Waals surface area contributed by atoms with Crippen LogP contribution in [0.2, 0.25) is 0 Å². The minimum atomic E-state index is 0.223. The van der Waals surface area contributed by atoms with E-state index in [1.165, 1.54) is 0 Å². The number of likely N-dealkylation sites (N-methyl/N-ethyl adjacent to an activating group) is 1. The number of amides is 2. The lowest BCUT2D eigenvalue weighted by atomic mass is 10.1. The summed E-state index contributed by atoms with van der Waals surface area (Å²) in [5.41, 5.74) is 0. The summed E-state index contributed by atoms with van der Waals surface area (Å²) in [6.45, 7) is 8.70. The molecule has 2 heterocycles. The van der Waals surface area contributed by atoms with Gasteiger partial charge in [0.2, 0.25) is 0 Å². The predicted molar refractivity (Wildman–Crippen MR) is 70.7 cm³/mol. The fraction of sp³-hybridized carbons (Fsp3) is 0.923. The molecule has 5 nitrogen and oxygen atoms in total. The van der Waals surface area contributed by atoms with E-state index in [0.717, 1.165) is 58.7 Å². The van der Waals surface area contributed by atoms with E-state index < -0.39 is 0 Å². The molecule has 0 radical (unpaired) electrons. The molecule has 0 aliphatic carbocycles. The molecule has 0 aromatic rings. The largest absolute Gasteiger partial charge is 0.381 e. The third kappa shape index (κ3) is 3.14. The Hall–Kier alpha value is -0.810. The van der Waals surface area contributed by atoms with Crippen molar-refractivity contribution in [2.75, 3.05) is 52.9 Å². The van der Waals surface area contributed by atoms with Gasteiger partial charge in [-0.05, 0) is 19.4 Å². The third-order valence-corrected chi connectivity index (χ3v) is 4.14. The van der Waals surface area contributed by atoms with Crippen LogP contribution in [0.15, 0.2) is 0 Å². The Labute approximate surface area is 110 Å². The van der Waals surface area contributed by atoms with Crippen LogP contribution < -0.4 is 0 Å². The van der Waals surface area contributed by atoms with E-state index in [0.29, 0.717) is 6.10 Å². The molecule has 0 unspecified atom stereocenters. The maximum Gasteiger partial charge on any atom is 0.320 e. The fourth-order valence-corrected chi connectivity index (χ4v) is 2.74. The van der Waals surface area contributed by atoms with Crippen molar-refractivity contribution in [1.82, 2.24) is 14.7 Å². The molecule has 2 fully saturated rings. The summed E-state index contributed by atoms with van der Waals surface area (Å²) in [5.74, 6) is 0. The van der Waals surface area contributed by atoms with Crippen LogP contribution in [-0.4, -0.2) is 79.8 Å². The van der Waals surface area contributed by atoms with Crippen molar-refractivity contribution in [3.8, 4) is 0 Å². The van der Waals surface area contributed by atoms with Gasteiger partial charge in [-0.3, -0.25) is 0 Å². The van der Waals surface area contributed by atoms with Crippen LogP contribution in [0.25, 0.3) is 0 Å². The maximum atomic E-state index is 12.3. The molecule has 0 aromatic heterocycles. The average Bonchev–Trinajstić information content (AvgIpc) is 2.47. The molecule has 0 atom stereocenters. The Morgan fingerprint density at radius 2 is 1.61 bits per heavy atom. The molecule has 0 spiro atoms. The summed E-state index contributed by atoms with van der Waals surface area (Å²) in [6, 6.07) is 0.223. The molecule has 104 valence electrons. The van der Waals surface area contributed by atoms with Gasteiger partial charge in [0, 0.05) is 46.4 Å². The SMILES string of the molecule is CCN1CCN(C(=O)N2CCC(OC)CC2)CC1. The second-order valence-electron chi connectivity index (χ2n) is 5.13. The van der Waals surface area contributed by atoms with E-state index in [1.54, 1.807) is 7.11 Å². The standard InChI is InChI=1S/C13H25N3O2/c1-3-14-8-10-16(11-9-14)13(17)15-6-4-12(18-2)5-7-15/h12H,3-11H2,1-2H3. The smallest absolute Gasteiger partial charge is 0.320 e. The highest BCUT2D eigenvalue weighted by Gasteiger charge is 2.27. The second kappa shape index (κ2) is 6.38. The number of ether oxygens (including phenoxy) is 1. The van der Waals surface area contributed by atoms with Gasteiger partial charge in [-0.2, -0.15) is 0 Å². The lowest BCUT2D eigenvalue weighted by Crippen LogP contribution is -2.54. The van der Waals surface area contributed by atoms with Gasteiger partial charge in [0.1, 0.15) is 0 Å². The first kappa shape index (κ1) is 13.6. The number of hydrogen-bond acceptors (Lipinski definition) is 3. The van der Waals surface area contributed by atoms with Crippen molar-refractivity contribution < 1.29 is 9.53 Å². The van der Waals surface area contributed by atoms with Crippen LogP contribution in [0.4, 0.5) is 4.79 Å². The number of likely N-dealkylation sites (tertiary alicyclic amines) is 1. The quantitative estimate of drug-likeness (QED) is 0.734. The highest BCUT2D eigenvalue weighted by Crippen LogP contribution is 2.15. The molecule has 0 N–H and O–H groups in total. The van der Waals surface area contributed by atoms with Gasteiger partial charge < -0.3 is 19.4 Å². The molecule has 0 saturated carbocycles. The highest BCUT2D eigenvalue weighted by molar-refractivity contribution is 5.74. The summed E-state index contributed by atoms with van der Waals surface area (Å²) < 4.78 is 5.34. The number of methoxy groups -OCH3 is 1. The minimum absolute atomic E-state index is 0.223. The van der Waals surface area contributed by atoms with Crippen molar-refractivity contribution in [2.45, 2.75) is 25.9 Å². The Balaban J connectivity index is 1.78. The van der Waals surface area contributed by atoms with Gasteiger partial charge in [0.25, 0.3) is 0 Å². The zero-order chi connectivity index (χ0) is 13.0. The molecule has 2 saturated heterocycles. The van der Waals surface area contributed by atoms with E-state index in [9.17, 15) is 4.79 Å². The van der Waals surface area contributed by atoms with Crippen LogP contribution >= 0.6 is 0 Å². The predicted octanol–water partition coefficient (Wildman–Crippen LogP) is 0.855. The first-order valence-electron chi connectivity index (χ1n) is 7.03. The Morgan fingerprint density at radius 3 is 2.11 bits per heavy atom. The van der Waals surface area contributed by atoms with E-state index >= 15 is 0 Å². The number of piperazine rings is 1. The van der Waals surface area contributed by atoms with Gasteiger partial charge in [0.05, 0.1) is 6.10 Å². The van der Waals surface area contributed by atoms with Crippen LogP contribution in [0.1, 0.15) is 19.8 Å². The molecule has 2 rings (SSSR count). The molecule has 5 heteroatoms. The van der Waals surface area contributed by atoms with E-state index in [1.807, 2.05) is 9.80 Å². The topological polar surface area (TPSA) is 36.0 Å². The molecule has 2 aliphatic heterocycles. The molecule has 0 aromatic carbocycles. The second-order valence-corrected chi connectivity index (χ2v) is 5.13. The maximum absolute atomic E-state index is 12.3. The first-order valence-corrected chi connectivity index (χ1v) is 7.03. The molecule has 0 bridgehead atoms. The van der Waals surface area contributed by atoms with Crippen molar-refractivity contribution in [2.24, 2.45) is 0 Å². The number of urea groups is 1. The minimum Gasteiger partial charge on any atom is -0.381 e. The zero-order valence-electron chi connectivity index (χ0n) is 11.6. The third-order valence-electron chi connectivity index (χ3n) is 4.14. The first-order chi connectivity index (χ1) is 8.74. The molecular weight excluding hydrogens is 230 g/mol. The van der Waals surface area contributed by atoms with Crippen molar-refractivity contribution >= 4 is 6.03 Å². The Morgan fingerprint density at radius 1 is 1.06 bits per heavy atom. The summed E-state index contributed by atoms with van der Waals surface area (Å²) in [4.78, 5) is 18.7. The summed E-state index contributed by atoms with van der Waals surface area (Å²) in [7, 11) is 1.76. The normalized spacial score (nSPS) is 23.4. The molecule has 18 heavy (non-hydrogen) atoms. The van der Waals surface area contributed by atoms with Crippen LogP contribution in [0, 0.1) is 0 Å². The van der Waals surface area contributed by atoms with Gasteiger partial charge in [-0.15, -0.1) is 0 Å². The van der Waals surface area contributed by atoms with E-state index in [-0.39, 0.29) is 6.03 Å². The lowest BCUT2D eigenvalue weighted by molar-refractivity contribution is 0.0410. The number of piperidine rings is 1. The molecular formula is C13H25N3O2. The van der Waals surface area contributed by atoms with Gasteiger partial charge in [0.15, 0.2) is 0 Å². The van der Waals surface area contributed by atoms with Gasteiger partial charge >= 0.3 is 6.03 Å². The number of rotatable bonds is 2. The van der Waals surface area contributed by atoms with Crippen molar-refractivity contribution in [1.29, 1.82) is 0 Å². The number of carbonyl (C=O) groups is 1. The average molecular weight is 255 g/mol. The monoisotopic (exact) mass is 255 g/mol. The summed E-state index contributed by atoms with van der Waals surface area (Å²) in [6.07, 6.45) is 2.28. The van der Waals surface area contributed by atoms with Gasteiger partial charge in [-0.1, -0.05) is 6.92 Å².